The van der Waals surface area contributed by atoms with Gasteiger partial charge in [-0.1, -0.05) is 18.2 Å². The highest BCUT2D eigenvalue weighted by atomic mass is 32.2. The zero-order valence-corrected chi connectivity index (χ0v) is 11.6. The van der Waals surface area contributed by atoms with Crippen molar-refractivity contribution in [3.8, 4) is 0 Å². The first-order chi connectivity index (χ1) is 9.28. The van der Waals surface area contributed by atoms with Crippen LogP contribution in [0.15, 0.2) is 24.3 Å². The molecule has 1 fully saturated rings. The van der Waals surface area contributed by atoms with Gasteiger partial charge in [-0.25, -0.2) is 8.42 Å². The lowest BCUT2D eigenvalue weighted by atomic mass is 10.1. The van der Waals surface area contributed by atoms with Gasteiger partial charge in [0, 0.05) is 6.04 Å². The van der Waals surface area contributed by atoms with E-state index in [0.29, 0.717) is 0 Å². The molecule has 112 valence electrons. The highest BCUT2D eigenvalue weighted by molar-refractivity contribution is 7.91. The lowest BCUT2D eigenvalue weighted by Gasteiger charge is -2.27. The molecule has 1 saturated heterocycles. The molecule has 1 aromatic carbocycles. The number of alkyl halides is 3. The lowest BCUT2D eigenvalue weighted by Crippen LogP contribution is -2.47. The predicted molar refractivity (Wildman–Crippen MR) is 70.2 cm³/mol. The molecular weight excluding hydrogens is 291 g/mol. The summed E-state index contributed by atoms with van der Waals surface area (Å²) in [5.74, 6) is -0.251. The van der Waals surface area contributed by atoms with E-state index in [9.17, 15) is 21.6 Å². The molecule has 20 heavy (non-hydrogen) atoms. The zero-order chi connectivity index (χ0) is 14.8. The van der Waals surface area contributed by atoms with E-state index < -0.39 is 21.6 Å². The van der Waals surface area contributed by atoms with Crippen LogP contribution in [0.25, 0.3) is 0 Å². The van der Waals surface area contributed by atoms with Crippen LogP contribution in [-0.4, -0.2) is 32.5 Å². The van der Waals surface area contributed by atoms with Gasteiger partial charge in [0.1, 0.15) is 0 Å². The Balaban J connectivity index is 2.03. The molecule has 0 saturated carbocycles. The van der Waals surface area contributed by atoms with E-state index >= 15 is 0 Å². The van der Waals surface area contributed by atoms with Crippen molar-refractivity contribution in [2.75, 3.05) is 18.1 Å². The van der Waals surface area contributed by atoms with Gasteiger partial charge in [0.05, 0.1) is 17.1 Å². The van der Waals surface area contributed by atoms with Gasteiger partial charge in [-0.2, -0.15) is 13.2 Å². The zero-order valence-electron chi connectivity index (χ0n) is 10.8. The topological polar surface area (TPSA) is 46.2 Å². The Morgan fingerprint density at radius 2 is 1.90 bits per heavy atom. The molecule has 1 N–H and O–H groups in total. The first-order valence-electron chi connectivity index (χ1n) is 6.37. The molecule has 0 aliphatic carbocycles. The lowest BCUT2D eigenvalue weighted by molar-refractivity contribution is -0.138. The Hall–Kier alpha value is -1.08. The van der Waals surface area contributed by atoms with Crippen LogP contribution < -0.4 is 5.32 Å². The number of sulfone groups is 1. The highest BCUT2D eigenvalue weighted by Crippen LogP contribution is 2.32. The fourth-order valence-electron chi connectivity index (χ4n) is 2.16. The van der Waals surface area contributed by atoms with E-state index in [2.05, 4.69) is 5.32 Å². The average Bonchev–Trinajstić information content (AvgIpc) is 2.31. The molecule has 0 amide bonds. The first-order valence-corrected chi connectivity index (χ1v) is 8.19. The molecule has 3 nitrogen and oxygen atoms in total. The minimum Gasteiger partial charge on any atom is -0.313 e. The standard InChI is InChI=1S/C13H16F3NO2S/c14-13(15,16)12-4-2-1-3-10(12)6-8-20(18,19)9-11-5-7-17-11/h1-4,11,17H,5-9H2. The fourth-order valence-corrected chi connectivity index (χ4v) is 3.76. The van der Waals surface area contributed by atoms with Crippen molar-refractivity contribution >= 4 is 9.84 Å². The highest BCUT2D eigenvalue weighted by Gasteiger charge is 2.33. The maximum Gasteiger partial charge on any atom is 0.416 e. The molecule has 7 heteroatoms. The third kappa shape index (κ3) is 3.96. The van der Waals surface area contributed by atoms with Crippen LogP contribution in [0.5, 0.6) is 0 Å². The second kappa shape index (κ2) is 5.73. The first kappa shape index (κ1) is 15.3. The monoisotopic (exact) mass is 307 g/mol. The second-order valence-corrected chi connectivity index (χ2v) is 7.19. The maximum absolute atomic E-state index is 12.8. The van der Waals surface area contributed by atoms with Gasteiger partial charge in [-0.05, 0) is 31.0 Å². The SMILES string of the molecule is O=S(=O)(CCc1ccccc1C(F)(F)F)CC1CCN1. The molecule has 0 bridgehead atoms. The average molecular weight is 307 g/mol. The van der Waals surface area contributed by atoms with Gasteiger partial charge in [-0.3, -0.25) is 0 Å². The Morgan fingerprint density at radius 1 is 1.25 bits per heavy atom. The van der Waals surface area contributed by atoms with E-state index in [-0.39, 0.29) is 29.5 Å². The van der Waals surface area contributed by atoms with Gasteiger partial charge in [-0.15, -0.1) is 0 Å². The number of benzene rings is 1. The summed E-state index contributed by atoms with van der Waals surface area (Å²) in [6.45, 7) is 0.803. The largest absolute Gasteiger partial charge is 0.416 e. The van der Waals surface area contributed by atoms with Crippen molar-refractivity contribution in [2.24, 2.45) is 0 Å². The summed E-state index contributed by atoms with van der Waals surface area (Å²) < 4.78 is 62.0. The van der Waals surface area contributed by atoms with Crippen LogP contribution in [0.2, 0.25) is 0 Å². The second-order valence-electron chi connectivity index (χ2n) is 4.96. The number of halogens is 3. The molecule has 0 aromatic heterocycles. The van der Waals surface area contributed by atoms with Crippen molar-refractivity contribution in [1.29, 1.82) is 0 Å². The van der Waals surface area contributed by atoms with Crippen LogP contribution in [0.3, 0.4) is 0 Å². The Labute approximate surface area is 116 Å². The molecule has 1 aliphatic rings. The Bertz CT molecular complexity index is 565. The summed E-state index contributed by atoms with van der Waals surface area (Å²) in [6, 6.07) is 5.07. The normalized spacial score (nSPS) is 19.6. The Kier molecular flexibility index (Phi) is 4.39. The van der Waals surface area contributed by atoms with Crippen molar-refractivity contribution in [1.82, 2.24) is 5.32 Å². The number of nitrogens with one attached hydrogen (secondary N) is 1. The molecular formula is C13H16F3NO2S. The molecule has 2 rings (SSSR count). The minimum absolute atomic E-state index is 0.00118. The number of rotatable bonds is 5. The van der Waals surface area contributed by atoms with Crippen LogP contribution in [0.1, 0.15) is 17.5 Å². The number of hydrogen-bond acceptors (Lipinski definition) is 3. The smallest absolute Gasteiger partial charge is 0.313 e. The molecule has 1 aromatic rings. The van der Waals surface area contributed by atoms with Gasteiger partial charge in [0.25, 0.3) is 0 Å². The third-order valence-corrected chi connectivity index (χ3v) is 5.12. The van der Waals surface area contributed by atoms with Crippen LogP contribution in [0.4, 0.5) is 13.2 Å². The molecule has 1 aliphatic heterocycles. The summed E-state index contributed by atoms with van der Waals surface area (Å²) in [6.07, 6.45) is -3.75. The summed E-state index contributed by atoms with van der Waals surface area (Å²) in [5, 5.41) is 2.98. The van der Waals surface area contributed by atoms with E-state index in [1.54, 1.807) is 0 Å². The van der Waals surface area contributed by atoms with E-state index in [1.807, 2.05) is 0 Å². The van der Waals surface area contributed by atoms with Gasteiger partial charge < -0.3 is 5.32 Å². The van der Waals surface area contributed by atoms with Gasteiger partial charge in [0.15, 0.2) is 9.84 Å². The van der Waals surface area contributed by atoms with Crippen LogP contribution >= 0.6 is 0 Å². The summed E-state index contributed by atoms with van der Waals surface area (Å²) in [5.41, 5.74) is -0.720. The van der Waals surface area contributed by atoms with Crippen LogP contribution in [-0.2, 0) is 22.4 Å². The number of hydrogen-bond donors (Lipinski definition) is 1. The summed E-state index contributed by atoms with van der Waals surface area (Å²) in [4.78, 5) is 0. The van der Waals surface area contributed by atoms with E-state index in [0.717, 1.165) is 19.0 Å². The van der Waals surface area contributed by atoms with Gasteiger partial charge >= 0.3 is 6.18 Å². The quantitative estimate of drug-likeness (QED) is 0.905. The van der Waals surface area contributed by atoms with Crippen molar-refractivity contribution in [3.05, 3.63) is 35.4 Å². The van der Waals surface area contributed by atoms with Crippen molar-refractivity contribution < 1.29 is 21.6 Å². The molecule has 0 spiro atoms. The minimum atomic E-state index is -4.45. The molecule has 1 heterocycles. The molecule has 1 atom stereocenters. The maximum atomic E-state index is 12.8. The number of aryl methyl sites for hydroxylation is 1. The van der Waals surface area contributed by atoms with Crippen LogP contribution in [0, 0.1) is 0 Å². The van der Waals surface area contributed by atoms with E-state index in [1.165, 1.54) is 18.2 Å². The fraction of sp³-hybridized carbons (Fsp3) is 0.538. The Morgan fingerprint density at radius 3 is 2.45 bits per heavy atom. The van der Waals surface area contributed by atoms with Crippen molar-refractivity contribution in [2.45, 2.75) is 25.1 Å². The predicted octanol–water partition coefficient (Wildman–Crippen LogP) is 2.02. The summed E-state index contributed by atoms with van der Waals surface area (Å²) >= 11 is 0. The molecule has 0 radical (unpaired) electrons. The third-order valence-electron chi connectivity index (χ3n) is 3.39. The van der Waals surface area contributed by atoms with Gasteiger partial charge in [0.2, 0.25) is 0 Å². The van der Waals surface area contributed by atoms with E-state index in [4.69, 9.17) is 0 Å². The summed E-state index contributed by atoms with van der Waals surface area (Å²) in [7, 11) is -3.33. The van der Waals surface area contributed by atoms with Crippen molar-refractivity contribution in [3.63, 3.8) is 0 Å². The molecule has 1 unspecified atom stereocenters.